The van der Waals surface area contributed by atoms with Crippen molar-refractivity contribution >= 4 is 17.4 Å². The molecule has 0 saturated carbocycles. The molecule has 0 aliphatic carbocycles. The van der Waals surface area contributed by atoms with E-state index in [4.69, 9.17) is 14.2 Å². The van der Waals surface area contributed by atoms with Crippen molar-refractivity contribution in [2.45, 2.75) is 18.0 Å². The van der Waals surface area contributed by atoms with Crippen molar-refractivity contribution in [2.24, 2.45) is 0 Å². The first kappa shape index (κ1) is 22.7. The standard InChI is InChI=1S/C27H24N4O3S/c1-3-16-35-27-29-26-23(30-31-27)19-12-7-8-14-21(19)28-25(34-26)20-13-9-15-22(32-2)24(20)33-17-18-10-5-4-6-11-18/h3-15,25,28H,1,16-17H2,2H3. The van der Waals surface area contributed by atoms with E-state index in [1.54, 1.807) is 13.2 Å². The van der Waals surface area contributed by atoms with Crippen LogP contribution < -0.4 is 19.5 Å². The highest BCUT2D eigenvalue weighted by molar-refractivity contribution is 7.99. The number of hydrogen-bond acceptors (Lipinski definition) is 8. The van der Waals surface area contributed by atoms with Crippen LogP contribution in [0, 0.1) is 0 Å². The van der Waals surface area contributed by atoms with Crippen molar-refractivity contribution in [3.8, 4) is 28.6 Å². The van der Waals surface area contributed by atoms with Gasteiger partial charge in [0.2, 0.25) is 17.3 Å². The molecule has 1 aliphatic heterocycles. The average Bonchev–Trinajstić information content (AvgIpc) is 3.07. The Kier molecular flexibility index (Phi) is 6.81. The fraction of sp³-hybridized carbons (Fsp3) is 0.148. The summed E-state index contributed by atoms with van der Waals surface area (Å²) in [5.41, 5.74) is 4.13. The first-order valence-electron chi connectivity index (χ1n) is 11.1. The third-order valence-corrected chi connectivity index (χ3v) is 6.24. The lowest BCUT2D eigenvalue weighted by atomic mass is 10.1. The third-order valence-electron chi connectivity index (χ3n) is 5.40. The van der Waals surface area contributed by atoms with Crippen molar-refractivity contribution in [2.75, 3.05) is 18.2 Å². The van der Waals surface area contributed by atoms with Crippen LogP contribution in [0.2, 0.25) is 0 Å². The summed E-state index contributed by atoms with van der Waals surface area (Å²) in [7, 11) is 1.63. The van der Waals surface area contributed by atoms with E-state index in [0.717, 1.165) is 22.4 Å². The van der Waals surface area contributed by atoms with Crippen molar-refractivity contribution in [3.63, 3.8) is 0 Å². The summed E-state index contributed by atoms with van der Waals surface area (Å²) >= 11 is 1.45. The molecule has 1 aliphatic rings. The summed E-state index contributed by atoms with van der Waals surface area (Å²) in [4.78, 5) is 4.66. The topological polar surface area (TPSA) is 78.4 Å². The van der Waals surface area contributed by atoms with Crippen molar-refractivity contribution in [1.82, 2.24) is 15.2 Å². The summed E-state index contributed by atoms with van der Waals surface area (Å²) in [5.74, 6) is 2.28. The van der Waals surface area contributed by atoms with Crippen LogP contribution in [0.3, 0.4) is 0 Å². The summed E-state index contributed by atoms with van der Waals surface area (Å²) in [6, 6.07) is 23.6. The van der Waals surface area contributed by atoms with Crippen LogP contribution in [0.4, 0.5) is 5.69 Å². The highest BCUT2D eigenvalue weighted by Crippen LogP contribution is 2.43. The number of anilines is 1. The molecule has 2 heterocycles. The van der Waals surface area contributed by atoms with Crippen LogP contribution in [0.25, 0.3) is 11.3 Å². The van der Waals surface area contributed by atoms with Gasteiger partial charge in [-0.1, -0.05) is 72.4 Å². The van der Waals surface area contributed by atoms with Gasteiger partial charge in [-0.25, -0.2) is 0 Å². The van der Waals surface area contributed by atoms with E-state index < -0.39 is 6.23 Å². The van der Waals surface area contributed by atoms with Crippen LogP contribution in [0.5, 0.6) is 17.4 Å². The van der Waals surface area contributed by atoms with Gasteiger partial charge < -0.3 is 19.5 Å². The smallest absolute Gasteiger partial charge is 0.247 e. The minimum absolute atomic E-state index is 0.389. The minimum atomic E-state index is -0.604. The lowest BCUT2D eigenvalue weighted by Crippen LogP contribution is -2.18. The second-order valence-corrected chi connectivity index (χ2v) is 8.68. The quantitative estimate of drug-likeness (QED) is 0.244. The molecule has 1 N–H and O–H groups in total. The normalized spacial score (nSPS) is 13.9. The highest BCUT2D eigenvalue weighted by atomic mass is 32.2. The number of hydrogen-bond donors (Lipinski definition) is 1. The largest absolute Gasteiger partial charge is 0.493 e. The van der Waals surface area contributed by atoms with Crippen LogP contribution in [-0.4, -0.2) is 28.0 Å². The molecular weight excluding hydrogens is 460 g/mol. The number of methoxy groups -OCH3 is 1. The van der Waals surface area contributed by atoms with E-state index in [0.29, 0.717) is 40.6 Å². The molecule has 0 spiro atoms. The Morgan fingerprint density at radius 2 is 1.86 bits per heavy atom. The fourth-order valence-corrected chi connectivity index (χ4v) is 4.28. The predicted molar refractivity (Wildman–Crippen MR) is 137 cm³/mol. The monoisotopic (exact) mass is 484 g/mol. The van der Waals surface area contributed by atoms with E-state index in [-0.39, 0.29) is 0 Å². The van der Waals surface area contributed by atoms with Gasteiger partial charge in [-0.05, 0) is 23.8 Å². The van der Waals surface area contributed by atoms with Gasteiger partial charge >= 0.3 is 0 Å². The van der Waals surface area contributed by atoms with Gasteiger partial charge in [0.15, 0.2) is 17.2 Å². The predicted octanol–water partition coefficient (Wildman–Crippen LogP) is 5.91. The number of rotatable bonds is 8. The number of ether oxygens (including phenoxy) is 3. The molecule has 7 nitrogen and oxygen atoms in total. The third kappa shape index (κ3) is 4.93. The molecule has 176 valence electrons. The number of thioether (sulfide) groups is 1. The van der Waals surface area contributed by atoms with Crippen LogP contribution in [0.1, 0.15) is 17.4 Å². The zero-order valence-electron chi connectivity index (χ0n) is 19.2. The second kappa shape index (κ2) is 10.5. The van der Waals surface area contributed by atoms with Gasteiger partial charge in [-0.2, -0.15) is 4.98 Å². The maximum atomic E-state index is 6.44. The van der Waals surface area contributed by atoms with E-state index in [1.165, 1.54) is 11.8 Å². The summed E-state index contributed by atoms with van der Waals surface area (Å²) < 4.78 is 18.4. The van der Waals surface area contributed by atoms with Crippen molar-refractivity contribution < 1.29 is 14.2 Å². The molecule has 1 atom stereocenters. The summed E-state index contributed by atoms with van der Waals surface area (Å²) in [6.07, 6.45) is 1.19. The molecule has 4 aromatic rings. The molecule has 0 saturated heterocycles. The van der Waals surface area contributed by atoms with Crippen LogP contribution in [0.15, 0.2) is 90.6 Å². The molecule has 0 amide bonds. The maximum Gasteiger partial charge on any atom is 0.247 e. The molecular formula is C27H24N4O3S. The number of benzene rings is 3. The number of fused-ring (bicyclic) bond motifs is 3. The molecule has 3 aromatic carbocycles. The van der Waals surface area contributed by atoms with Crippen molar-refractivity contribution in [1.29, 1.82) is 0 Å². The van der Waals surface area contributed by atoms with Gasteiger partial charge in [0.25, 0.3) is 0 Å². The molecule has 35 heavy (non-hydrogen) atoms. The fourth-order valence-electron chi connectivity index (χ4n) is 3.77. The SMILES string of the molecule is C=CCSc1nnc2c(n1)OC(c1cccc(OC)c1OCc1ccccc1)Nc1ccccc1-2. The van der Waals surface area contributed by atoms with Crippen molar-refractivity contribution in [3.05, 3.63) is 96.6 Å². The van der Waals surface area contributed by atoms with E-state index in [2.05, 4.69) is 27.1 Å². The van der Waals surface area contributed by atoms with Crippen LogP contribution >= 0.6 is 11.8 Å². The Balaban J connectivity index is 1.55. The number of nitrogens with one attached hydrogen (secondary N) is 1. The van der Waals surface area contributed by atoms with Gasteiger partial charge in [-0.15, -0.1) is 16.8 Å². The molecule has 1 unspecified atom stereocenters. The van der Waals surface area contributed by atoms with Crippen LogP contribution in [-0.2, 0) is 6.61 Å². The molecule has 0 bridgehead atoms. The second-order valence-electron chi connectivity index (χ2n) is 7.69. The first-order chi connectivity index (χ1) is 17.3. The Bertz CT molecular complexity index is 1330. The lowest BCUT2D eigenvalue weighted by Gasteiger charge is -2.23. The number of aromatic nitrogens is 3. The highest BCUT2D eigenvalue weighted by Gasteiger charge is 2.29. The van der Waals surface area contributed by atoms with Gasteiger partial charge in [0, 0.05) is 17.0 Å². The molecule has 1 aromatic heterocycles. The van der Waals surface area contributed by atoms with Gasteiger partial charge in [0.05, 0.1) is 12.7 Å². The number of nitrogens with zero attached hydrogens (tertiary/aromatic N) is 3. The molecule has 8 heteroatoms. The van der Waals surface area contributed by atoms with E-state index >= 15 is 0 Å². The Morgan fingerprint density at radius 1 is 1.03 bits per heavy atom. The molecule has 0 fully saturated rings. The first-order valence-corrected chi connectivity index (χ1v) is 12.1. The summed E-state index contributed by atoms with van der Waals surface area (Å²) in [5, 5.41) is 12.7. The van der Waals surface area contributed by atoms with Gasteiger partial charge in [0.1, 0.15) is 6.61 Å². The molecule has 0 radical (unpaired) electrons. The minimum Gasteiger partial charge on any atom is -0.493 e. The zero-order valence-corrected chi connectivity index (χ0v) is 20.0. The van der Waals surface area contributed by atoms with Gasteiger partial charge in [-0.3, -0.25) is 0 Å². The van der Waals surface area contributed by atoms with E-state index in [1.807, 2.05) is 72.8 Å². The van der Waals surface area contributed by atoms with E-state index in [9.17, 15) is 0 Å². The maximum absolute atomic E-state index is 6.44. The summed E-state index contributed by atoms with van der Waals surface area (Å²) in [6.45, 7) is 4.15. The average molecular weight is 485 g/mol. The Morgan fingerprint density at radius 3 is 2.69 bits per heavy atom. The molecule has 5 rings (SSSR count). The lowest BCUT2D eigenvalue weighted by molar-refractivity contribution is 0.211. The zero-order chi connectivity index (χ0) is 24.0. The Labute approximate surface area is 208 Å². The number of para-hydroxylation sites is 2. The Hall–Kier alpha value is -4.04.